The number of ether oxygens (including phenoxy) is 1. The summed E-state index contributed by atoms with van der Waals surface area (Å²) in [6.45, 7) is -0.0920. The van der Waals surface area contributed by atoms with Crippen molar-refractivity contribution in [3.63, 3.8) is 0 Å². The smallest absolute Gasteiger partial charge is 0.268 e. The Labute approximate surface area is 147 Å². The second kappa shape index (κ2) is 6.91. The number of terminal acetylenes is 1. The molecule has 1 fully saturated rings. The number of imide groups is 1. The van der Waals surface area contributed by atoms with Crippen molar-refractivity contribution in [3.8, 4) is 18.1 Å². The molecule has 1 saturated heterocycles. The van der Waals surface area contributed by atoms with Crippen LogP contribution in [0.2, 0.25) is 0 Å². The van der Waals surface area contributed by atoms with E-state index in [0.717, 1.165) is 15.1 Å². The molecule has 0 N–H and O–H groups in total. The van der Waals surface area contributed by atoms with Crippen molar-refractivity contribution >= 4 is 39.3 Å². The minimum atomic E-state index is -0.562. The van der Waals surface area contributed by atoms with Gasteiger partial charge in [0.1, 0.15) is 12.3 Å². The normalized spacial score (nSPS) is 15.0. The average molecular weight is 357 g/mol. The van der Waals surface area contributed by atoms with E-state index < -0.39 is 5.91 Å². The van der Waals surface area contributed by atoms with Crippen LogP contribution in [0.15, 0.2) is 23.2 Å². The molecule has 7 nitrogen and oxygen atoms in total. The van der Waals surface area contributed by atoms with Crippen LogP contribution in [0.4, 0.5) is 0 Å². The zero-order chi connectivity index (χ0) is 18.0. The van der Waals surface area contributed by atoms with Gasteiger partial charge in [-0.25, -0.2) is 0 Å². The Kier molecular flexibility index (Phi) is 4.67. The van der Waals surface area contributed by atoms with Crippen molar-refractivity contribution in [1.29, 1.82) is 0 Å². The molecule has 25 heavy (non-hydrogen) atoms. The Morgan fingerprint density at radius 3 is 2.72 bits per heavy atom. The lowest BCUT2D eigenvalue weighted by atomic mass is 10.3. The first-order valence-electron chi connectivity index (χ1n) is 7.55. The monoisotopic (exact) mass is 357 g/mol. The number of hydrogen-bond donors (Lipinski definition) is 0. The number of amides is 3. The molecule has 1 aromatic heterocycles. The fourth-order valence-corrected chi connectivity index (χ4v) is 3.66. The van der Waals surface area contributed by atoms with Crippen LogP contribution in [-0.2, 0) is 20.9 Å². The van der Waals surface area contributed by atoms with Gasteiger partial charge in [0, 0.05) is 12.8 Å². The molecule has 1 aromatic carbocycles. The topological polar surface area (TPSA) is 81.0 Å². The number of benzene rings is 1. The fourth-order valence-electron chi connectivity index (χ4n) is 2.59. The summed E-state index contributed by atoms with van der Waals surface area (Å²) in [6, 6.07) is 5.48. The van der Waals surface area contributed by atoms with E-state index in [1.165, 1.54) is 11.3 Å². The Morgan fingerprint density at radius 2 is 2.08 bits per heavy atom. The van der Waals surface area contributed by atoms with Crippen molar-refractivity contribution in [2.75, 3.05) is 13.7 Å². The van der Waals surface area contributed by atoms with Crippen LogP contribution < -0.4 is 9.54 Å². The molecule has 2 heterocycles. The van der Waals surface area contributed by atoms with Crippen LogP contribution in [0.1, 0.15) is 12.8 Å². The number of carbonyl (C=O) groups excluding carboxylic acids is 3. The lowest BCUT2D eigenvalue weighted by Crippen LogP contribution is -2.34. The molecule has 0 radical (unpaired) electrons. The molecule has 3 rings (SSSR count). The van der Waals surface area contributed by atoms with E-state index in [1.54, 1.807) is 17.7 Å². The van der Waals surface area contributed by atoms with Gasteiger partial charge in [0.15, 0.2) is 4.80 Å². The molecule has 1 aliphatic heterocycles. The standard InChI is InChI=1S/C17H15N3O4S/c1-3-8-19-12-5-4-11(24-2)9-13(12)25-17(19)18-14(21)10-20-15(22)6-7-16(20)23/h1,4-5,9H,6-8,10H2,2H3. The molecule has 1 aliphatic rings. The molecule has 0 unspecified atom stereocenters. The first kappa shape index (κ1) is 16.9. The predicted molar refractivity (Wildman–Crippen MR) is 91.7 cm³/mol. The summed E-state index contributed by atoms with van der Waals surface area (Å²) in [7, 11) is 1.57. The summed E-state index contributed by atoms with van der Waals surface area (Å²) < 4.78 is 7.81. The molecular formula is C17H15N3O4S. The third-order valence-corrected chi connectivity index (χ3v) is 4.85. The summed E-state index contributed by atoms with van der Waals surface area (Å²) in [5.41, 5.74) is 0.837. The maximum Gasteiger partial charge on any atom is 0.268 e. The SMILES string of the molecule is C#CCn1c(=NC(=O)CN2C(=O)CCC2=O)sc2cc(OC)ccc21. The molecule has 8 heteroatoms. The molecule has 0 spiro atoms. The van der Waals surface area contributed by atoms with Crippen LogP contribution in [-0.4, -0.2) is 40.8 Å². The van der Waals surface area contributed by atoms with Crippen LogP contribution in [0.3, 0.4) is 0 Å². The highest BCUT2D eigenvalue weighted by Crippen LogP contribution is 2.23. The maximum absolute atomic E-state index is 12.2. The molecule has 0 saturated carbocycles. The van der Waals surface area contributed by atoms with Crippen molar-refractivity contribution < 1.29 is 19.1 Å². The number of likely N-dealkylation sites (tertiary alicyclic amines) is 1. The third-order valence-electron chi connectivity index (χ3n) is 3.81. The molecule has 3 amide bonds. The number of thiazole rings is 1. The van der Waals surface area contributed by atoms with Gasteiger partial charge in [0.05, 0.1) is 23.9 Å². The largest absolute Gasteiger partial charge is 0.497 e. The quantitative estimate of drug-likeness (QED) is 0.602. The minimum absolute atomic E-state index is 0.145. The van der Waals surface area contributed by atoms with E-state index in [9.17, 15) is 14.4 Å². The number of methoxy groups -OCH3 is 1. The zero-order valence-electron chi connectivity index (χ0n) is 13.5. The third kappa shape index (κ3) is 3.32. The second-order valence-electron chi connectivity index (χ2n) is 5.39. The van der Waals surface area contributed by atoms with Crippen molar-refractivity contribution in [3.05, 3.63) is 23.0 Å². The zero-order valence-corrected chi connectivity index (χ0v) is 14.3. The minimum Gasteiger partial charge on any atom is -0.497 e. The van der Waals surface area contributed by atoms with Crippen LogP contribution >= 0.6 is 11.3 Å². The molecule has 2 aromatic rings. The molecule has 0 atom stereocenters. The van der Waals surface area contributed by atoms with Gasteiger partial charge in [0.25, 0.3) is 5.91 Å². The lowest BCUT2D eigenvalue weighted by Gasteiger charge is -2.10. The van der Waals surface area contributed by atoms with Crippen molar-refractivity contribution in [2.45, 2.75) is 19.4 Å². The summed E-state index contributed by atoms with van der Waals surface area (Å²) in [6.07, 6.45) is 5.71. The van der Waals surface area contributed by atoms with E-state index >= 15 is 0 Å². The van der Waals surface area contributed by atoms with Crippen LogP contribution in [0.25, 0.3) is 10.2 Å². The Bertz CT molecular complexity index is 964. The highest BCUT2D eigenvalue weighted by molar-refractivity contribution is 7.16. The summed E-state index contributed by atoms with van der Waals surface area (Å²) in [5.74, 6) is 1.98. The first-order valence-corrected chi connectivity index (χ1v) is 8.36. The van der Waals surface area contributed by atoms with Gasteiger partial charge in [-0.2, -0.15) is 4.99 Å². The Morgan fingerprint density at radius 1 is 1.36 bits per heavy atom. The van der Waals surface area contributed by atoms with Gasteiger partial charge in [-0.15, -0.1) is 6.42 Å². The number of hydrogen-bond acceptors (Lipinski definition) is 5. The number of nitrogens with zero attached hydrogens (tertiary/aromatic N) is 3. The van der Waals surface area contributed by atoms with Gasteiger partial charge in [0.2, 0.25) is 11.8 Å². The second-order valence-corrected chi connectivity index (χ2v) is 6.40. The summed E-state index contributed by atoms with van der Waals surface area (Å²) in [4.78, 5) is 40.9. The van der Waals surface area contributed by atoms with Gasteiger partial charge in [-0.3, -0.25) is 19.3 Å². The maximum atomic E-state index is 12.2. The van der Waals surface area contributed by atoms with E-state index in [1.807, 2.05) is 12.1 Å². The molecule has 0 aliphatic carbocycles. The first-order chi connectivity index (χ1) is 12.0. The van der Waals surface area contributed by atoms with Crippen molar-refractivity contribution in [1.82, 2.24) is 9.47 Å². The van der Waals surface area contributed by atoms with E-state index in [4.69, 9.17) is 11.2 Å². The highest BCUT2D eigenvalue weighted by Gasteiger charge is 2.30. The molecule has 0 bridgehead atoms. The fraction of sp³-hybridized carbons (Fsp3) is 0.294. The van der Waals surface area contributed by atoms with E-state index in [-0.39, 0.29) is 37.7 Å². The highest BCUT2D eigenvalue weighted by atomic mass is 32.1. The van der Waals surface area contributed by atoms with Gasteiger partial charge in [-0.1, -0.05) is 17.3 Å². The van der Waals surface area contributed by atoms with E-state index in [0.29, 0.717) is 10.6 Å². The molecule has 128 valence electrons. The van der Waals surface area contributed by atoms with Crippen molar-refractivity contribution in [2.24, 2.45) is 4.99 Å². The van der Waals surface area contributed by atoms with Gasteiger partial charge >= 0.3 is 0 Å². The predicted octanol–water partition coefficient (Wildman–Crippen LogP) is 0.921. The Hall–Kier alpha value is -2.92. The van der Waals surface area contributed by atoms with Crippen LogP contribution in [0.5, 0.6) is 5.75 Å². The van der Waals surface area contributed by atoms with Gasteiger partial charge in [-0.05, 0) is 18.2 Å². The Balaban J connectivity index is 1.98. The number of rotatable bonds is 4. The van der Waals surface area contributed by atoms with E-state index in [2.05, 4.69) is 10.9 Å². The molecular weight excluding hydrogens is 342 g/mol. The van der Waals surface area contributed by atoms with Crippen LogP contribution in [0, 0.1) is 12.3 Å². The lowest BCUT2D eigenvalue weighted by molar-refractivity contribution is -0.141. The number of fused-ring (bicyclic) bond motifs is 1. The summed E-state index contributed by atoms with van der Waals surface area (Å²) in [5, 5.41) is 0. The summed E-state index contributed by atoms with van der Waals surface area (Å²) >= 11 is 1.29. The number of carbonyl (C=O) groups is 3. The number of aromatic nitrogens is 1. The average Bonchev–Trinajstić information content (AvgIpc) is 3.09. The van der Waals surface area contributed by atoms with Gasteiger partial charge < -0.3 is 9.30 Å².